The Balaban J connectivity index is 2.28. The zero-order valence-corrected chi connectivity index (χ0v) is 15.0. The summed E-state index contributed by atoms with van der Waals surface area (Å²) < 4.78 is 1.30. The van der Waals surface area contributed by atoms with Gasteiger partial charge < -0.3 is 5.32 Å². The summed E-state index contributed by atoms with van der Waals surface area (Å²) in [6.45, 7) is 10.9. The number of hydrogen-bond acceptors (Lipinski definition) is 1. The minimum absolute atomic E-state index is 0.314. The van der Waals surface area contributed by atoms with E-state index in [0.29, 0.717) is 6.04 Å². The zero-order valence-electron chi connectivity index (χ0n) is 12.8. The molecule has 0 aliphatic heterocycles. The molecule has 2 aromatic rings. The van der Waals surface area contributed by atoms with Crippen LogP contribution in [-0.4, -0.2) is 0 Å². The molecule has 2 aromatic carbocycles. The lowest BCUT2D eigenvalue weighted by molar-refractivity contribution is 0.861. The molecule has 0 amide bonds. The summed E-state index contributed by atoms with van der Waals surface area (Å²) in [4.78, 5) is 0. The molecule has 1 unspecified atom stereocenters. The first-order chi connectivity index (χ1) is 9.38. The van der Waals surface area contributed by atoms with Crippen LogP contribution in [0.1, 0.15) is 40.8 Å². The van der Waals surface area contributed by atoms with Gasteiger partial charge in [0.15, 0.2) is 0 Å². The van der Waals surface area contributed by atoms with Crippen molar-refractivity contribution in [1.29, 1.82) is 0 Å². The van der Waals surface area contributed by atoms with Crippen molar-refractivity contribution >= 4 is 28.3 Å². The molecule has 0 fully saturated rings. The molecule has 20 heavy (non-hydrogen) atoms. The number of benzene rings is 2. The number of hydrogen-bond donors (Lipinski definition) is 1. The number of halogens is 1. The highest BCUT2D eigenvalue weighted by Gasteiger charge is 2.12. The van der Waals surface area contributed by atoms with E-state index in [1.165, 1.54) is 37.1 Å². The average molecular weight is 379 g/mol. The predicted octanol–water partition coefficient (Wildman–Crippen LogP) is 5.70. The first kappa shape index (κ1) is 15.4. The van der Waals surface area contributed by atoms with Gasteiger partial charge in [-0.2, -0.15) is 0 Å². The van der Waals surface area contributed by atoms with Crippen molar-refractivity contribution in [2.75, 3.05) is 5.32 Å². The standard InChI is InChI=1S/C18H22IN/c1-11-8-13(3)18(14(4)9-11)15(5)20-16-7-6-12(2)17(19)10-16/h6-10,15,20H,1-5H3. The third-order valence-corrected chi connectivity index (χ3v) is 4.89. The molecule has 1 N–H and O–H groups in total. The van der Waals surface area contributed by atoms with Crippen molar-refractivity contribution in [2.24, 2.45) is 0 Å². The average Bonchev–Trinajstić information content (AvgIpc) is 2.32. The Morgan fingerprint density at radius 2 is 1.50 bits per heavy atom. The SMILES string of the molecule is Cc1cc(C)c(C(C)Nc2ccc(C)c(I)c2)c(C)c1. The van der Waals surface area contributed by atoms with Crippen LogP contribution in [0.2, 0.25) is 0 Å². The molecule has 1 atom stereocenters. The van der Waals surface area contributed by atoms with Gasteiger partial charge >= 0.3 is 0 Å². The summed E-state index contributed by atoms with van der Waals surface area (Å²) >= 11 is 2.39. The lowest BCUT2D eigenvalue weighted by Gasteiger charge is -2.21. The highest BCUT2D eigenvalue weighted by Crippen LogP contribution is 2.27. The van der Waals surface area contributed by atoms with Crippen LogP contribution in [0.5, 0.6) is 0 Å². The van der Waals surface area contributed by atoms with Gasteiger partial charge in [0.05, 0.1) is 0 Å². The Kier molecular flexibility index (Phi) is 4.74. The molecule has 0 aromatic heterocycles. The molecular weight excluding hydrogens is 357 g/mol. The van der Waals surface area contributed by atoms with E-state index in [1.807, 2.05) is 0 Å². The van der Waals surface area contributed by atoms with Gasteiger partial charge in [0, 0.05) is 15.3 Å². The summed E-state index contributed by atoms with van der Waals surface area (Å²) in [5, 5.41) is 3.62. The van der Waals surface area contributed by atoms with Crippen molar-refractivity contribution in [3.8, 4) is 0 Å². The molecule has 106 valence electrons. The van der Waals surface area contributed by atoms with Crippen molar-refractivity contribution < 1.29 is 0 Å². The molecule has 1 nitrogen and oxygen atoms in total. The molecule has 0 saturated heterocycles. The Morgan fingerprint density at radius 1 is 0.900 bits per heavy atom. The molecule has 0 aliphatic rings. The van der Waals surface area contributed by atoms with Crippen LogP contribution in [0.4, 0.5) is 5.69 Å². The highest BCUT2D eigenvalue weighted by atomic mass is 127. The lowest BCUT2D eigenvalue weighted by atomic mass is 9.95. The largest absolute Gasteiger partial charge is 0.378 e. The topological polar surface area (TPSA) is 12.0 Å². The number of nitrogens with one attached hydrogen (secondary N) is 1. The first-order valence-corrected chi connectivity index (χ1v) is 8.07. The molecule has 0 saturated carbocycles. The third kappa shape index (κ3) is 3.35. The van der Waals surface area contributed by atoms with Crippen LogP contribution in [0.15, 0.2) is 30.3 Å². The molecule has 2 rings (SSSR count). The molecule has 2 heteroatoms. The van der Waals surface area contributed by atoms with Crippen molar-refractivity contribution in [3.05, 3.63) is 61.7 Å². The van der Waals surface area contributed by atoms with E-state index >= 15 is 0 Å². The van der Waals surface area contributed by atoms with E-state index in [9.17, 15) is 0 Å². The second-order valence-electron chi connectivity index (χ2n) is 5.64. The van der Waals surface area contributed by atoms with Crippen molar-refractivity contribution in [3.63, 3.8) is 0 Å². The van der Waals surface area contributed by atoms with Crippen molar-refractivity contribution in [1.82, 2.24) is 0 Å². The van der Waals surface area contributed by atoms with Gasteiger partial charge in [0.2, 0.25) is 0 Å². The van der Waals surface area contributed by atoms with Gasteiger partial charge in [0.1, 0.15) is 0 Å². The summed E-state index contributed by atoms with van der Waals surface area (Å²) in [7, 11) is 0. The number of aryl methyl sites for hydroxylation is 4. The maximum absolute atomic E-state index is 3.62. The maximum atomic E-state index is 3.62. The van der Waals surface area contributed by atoms with E-state index in [1.54, 1.807) is 0 Å². The Hall–Kier alpha value is -1.03. The maximum Gasteiger partial charge on any atom is 0.0490 e. The number of rotatable bonds is 3. The van der Waals surface area contributed by atoms with Gasteiger partial charge in [-0.1, -0.05) is 23.8 Å². The molecule has 0 heterocycles. The summed E-state index contributed by atoms with van der Waals surface area (Å²) in [6.07, 6.45) is 0. The molecule has 0 bridgehead atoms. The molecule has 0 spiro atoms. The second-order valence-corrected chi connectivity index (χ2v) is 6.80. The zero-order chi connectivity index (χ0) is 14.9. The third-order valence-electron chi connectivity index (χ3n) is 3.73. The van der Waals surface area contributed by atoms with E-state index in [-0.39, 0.29) is 0 Å². The molecule has 0 radical (unpaired) electrons. The van der Waals surface area contributed by atoms with Gasteiger partial charge in [-0.15, -0.1) is 0 Å². The fourth-order valence-electron chi connectivity index (χ4n) is 2.88. The van der Waals surface area contributed by atoms with E-state index < -0.39 is 0 Å². The monoisotopic (exact) mass is 379 g/mol. The molecular formula is C18H22IN. The second kappa shape index (κ2) is 6.17. The number of anilines is 1. The minimum atomic E-state index is 0.314. The summed E-state index contributed by atoms with van der Waals surface area (Å²) in [5.41, 5.74) is 7.99. The van der Waals surface area contributed by atoms with Crippen LogP contribution < -0.4 is 5.32 Å². The smallest absolute Gasteiger partial charge is 0.0490 e. The quantitative estimate of drug-likeness (QED) is 0.675. The Morgan fingerprint density at radius 3 is 2.05 bits per heavy atom. The lowest BCUT2D eigenvalue weighted by Crippen LogP contribution is -2.10. The summed E-state index contributed by atoms with van der Waals surface area (Å²) in [5.74, 6) is 0. The van der Waals surface area contributed by atoms with E-state index in [4.69, 9.17) is 0 Å². The fourth-order valence-corrected chi connectivity index (χ4v) is 3.39. The Bertz CT molecular complexity index is 608. The van der Waals surface area contributed by atoms with Crippen LogP contribution in [0.3, 0.4) is 0 Å². The van der Waals surface area contributed by atoms with Crippen LogP contribution in [-0.2, 0) is 0 Å². The van der Waals surface area contributed by atoms with E-state index in [0.717, 1.165) is 0 Å². The van der Waals surface area contributed by atoms with Gasteiger partial charge in [-0.3, -0.25) is 0 Å². The normalized spacial score (nSPS) is 12.3. The summed E-state index contributed by atoms with van der Waals surface area (Å²) in [6, 6.07) is 11.4. The van der Waals surface area contributed by atoms with Crippen LogP contribution in [0.25, 0.3) is 0 Å². The van der Waals surface area contributed by atoms with Crippen molar-refractivity contribution in [2.45, 2.75) is 40.7 Å². The predicted molar refractivity (Wildman–Crippen MR) is 96.6 cm³/mol. The molecule has 0 aliphatic carbocycles. The van der Waals surface area contributed by atoms with Crippen LogP contribution in [0, 0.1) is 31.3 Å². The van der Waals surface area contributed by atoms with Gasteiger partial charge in [-0.25, -0.2) is 0 Å². The highest BCUT2D eigenvalue weighted by molar-refractivity contribution is 14.1. The van der Waals surface area contributed by atoms with Crippen LogP contribution >= 0.6 is 22.6 Å². The van der Waals surface area contributed by atoms with E-state index in [2.05, 4.69) is 92.9 Å². The Labute approximate surface area is 135 Å². The fraction of sp³-hybridized carbons (Fsp3) is 0.333. The first-order valence-electron chi connectivity index (χ1n) is 6.99. The van der Waals surface area contributed by atoms with Gasteiger partial charge in [-0.05, 0) is 91.6 Å². The minimum Gasteiger partial charge on any atom is -0.378 e. The van der Waals surface area contributed by atoms with Gasteiger partial charge in [0.25, 0.3) is 0 Å².